The van der Waals surface area contributed by atoms with Crippen LogP contribution >= 0.6 is 0 Å². The average Bonchev–Trinajstić information content (AvgIpc) is 2.62. The van der Waals surface area contributed by atoms with Gasteiger partial charge in [-0.2, -0.15) is 0 Å². The van der Waals surface area contributed by atoms with Gasteiger partial charge in [-0.15, -0.1) is 0 Å². The average molecular weight is 399 g/mol. The van der Waals surface area contributed by atoms with Crippen LogP contribution in [0, 0.1) is 10.1 Å². The van der Waals surface area contributed by atoms with Crippen LogP contribution in [-0.4, -0.2) is 60.4 Å². The fourth-order valence-electron chi connectivity index (χ4n) is 1.82. The zero-order chi connectivity index (χ0) is 21.5. The third-order valence-corrected chi connectivity index (χ3v) is 3.00. The number of nitrogens with one attached hydrogen (secondary N) is 1. The number of nitro groups is 1. The standard InChI is InChI=1S/C16H21N3O9/c1-16(2,3)28-15(22)18-8-11(14(21)26-5)27-12-10(19(23)24)6-9(7-17-12)13(20)25-4/h6-7,11H,8H2,1-5H3,(H,18,22)/t11-/m0/s1. The number of rotatable bonds is 7. The Hall–Kier alpha value is -3.44. The minimum absolute atomic E-state index is 0.178. The van der Waals surface area contributed by atoms with Gasteiger partial charge in [-0.05, 0) is 20.8 Å². The molecule has 1 rings (SSSR count). The molecule has 0 aliphatic carbocycles. The lowest BCUT2D eigenvalue weighted by Gasteiger charge is -2.21. The van der Waals surface area contributed by atoms with E-state index in [0.717, 1.165) is 26.5 Å². The van der Waals surface area contributed by atoms with Crippen molar-refractivity contribution in [2.75, 3.05) is 20.8 Å². The van der Waals surface area contributed by atoms with E-state index in [-0.39, 0.29) is 5.56 Å². The van der Waals surface area contributed by atoms with Crippen molar-refractivity contribution in [2.24, 2.45) is 0 Å². The van der Waals surface area contributed by atoms with Gasteiger partial charge in [0.2, 0.25) is 6.10 Å². The number of ether oxygens (including phenoxy) is 4. The fourth-order valence-corrected chi connectivity index (χ4v) is 1.82. The van der Waals surface area contributed by atoms with Crippen LogP contribution in [0.25, 0.3) is 0 Å². The molecule has 1 heterocycles. The molecule has 154 valence electrons. The van der Waals surface area contributed by atoms with Crippen molar-refractivity contribution in [2.45, 2.75) is 32.5 Å². The van der Waals surface area contributed by atoms with E-state index in [9.17, 15) is 24.5 Å². The van der Waals surface area contributed by atoms with Gasteiger partial charge in [-0.25, -0.2) is 19.4 Å². The summed E-state index contributed by atoms with van der Waals surface area (Å²) < 4.78 is 19.3. The van der Waals surface area contributed by atoms with Gasteiger partial charge < -0.3 is 24.3 Å². The largest absolute Gasteiger partial charge is 0.466 e. The first-order valence-electron chi connectivity index (χ1n) is 7.92. The third kappa shape index (κ3) is 6.70. The molecular weight excluding hydrogens is 378 g/mol. The Kier molecular flexibility index (Phi) is 7.65. The van der Waals surface area contributed by atoms with Crippen molar-refractivity contribution in [1.29, 1.82) is 0 Å². The Bertz CT molecular complexity index is 758. The van der Waals surface area contributed by atoms with Crippen LogP contribution in [0.15, 0.2) is 12.3 Å². The van der Waals surface area contributed by atoms with E-state index in [1.54, 1.807) is 20.8 Å². The molecule has 12 heteroatoms. The summed E-state index contributed by atoms with van der Waals surface area (Å²) >= 11 is 0. The van der Waals surface area contributed by atoms with Gasteiger partial charge in [0.15, 0.2) is 0 Å². The number of nitrogens with zero attached hydrogens (tertiary/aromatic N) is 2. The second kappa shape index (κ2) is 9.48. The number of hydrogen-bond donors (Lipinski definition) is 1. The van der Waals surface area contributed by atoms with E-state index in [2.05, 4.69) is 19.8 Å². The minimum atomic E-state index is -1.45. The van der Waals surface area contributed by atoms with Crippen LogP contribution in [0.5, 0.6) is 5.88 Å². The number of esters is 2. The highest BCUT2D eigenvalue weighted by atomic mass is 16.6. The molecule has 0 aliphatic rings. The number of methoxy groups -OCH3 is 2. The zero-order valence-electron chi connectivity index (χ0n) is 16.0. The molecule has 1 aromatic heterocycles. The quantitative estimate of drug-likeness (QED) is 0.306. The molecule has 0 radical (unpaired) electrons. The molecule has 0 unspecified atom stereocenters. The first-order chi connectivity index (χ1) is 13.0. The van der Waals surface area contributed by atoms with Crippen LogP contribution in [0.1, 0.15) is 31.1 Å². The van der Waals surface area contributed by atoms with Gasteiger partial charge in [0.1, 0.15) is 5.60 Å². The number of alkyl carbamates (subject to hydrolysis) is 1. The number of aromatic nitrogens is 1. The minimum Gasteiger partial charge on any atom is -0.466 e. The van der Waals surface area contributed by atoms with Gasteiger partial charge in [0.05, 0.1) is 31.3 Å². The maximum absolute atomic E-state index is 11.9. The number of hydrogen-bond acceptors (Lipinski definition) is 10. The van der Waals surface area contributed by atoms with Gasteiger partial charge >= 0.3 is 23.7 Å². The lowest BCUT2D eigenvalue weighted by atomic mass is 10.2. The van der Waals surface area contributed by atoms with E-state index in [4.69, 9.17) is 9.47 Å². The van der Waals surface area contributed by atoms with Crippen LogP contribution in [-0.2, 0) is 19.0 Å². The smallest absolute Gasteiger partial charge is 0.407 e. The molecule has 0 aromatic carbocycles. The van der Waals surface area contributed by atoms with E-state index < -0.39 is 52.8 Å². The molecule has 0 spiro atoms. The van der Waals surface area contributed by atoms with Gasteiger partial charge in [-0.1, -0.05) is 0 Å². The summed E-state index contributed by atoms with van der Waals surface area (Å²) in [6, 6.07) is 0.893. The van der Waals surface area contributed by atoms with Crippen molar-refractivity contribution >= 4 is 23.7 Å². The van der Waals surface area contributed by atoms with E-state index in [1.807, 2.05) is 0 Å². The summed E-state index contributed by atoms with van der Waals surface area (Å²) in [6.45, 7) is 4.55. The zero-order valence-corrected chi connectivity index (χ0v) is 16.0. The Morgan fingerprint density at radius 1 is 1.25 bits per heavy atom. The second-order valence-corrected chi connectivity index (χ2v) is 6.31. The Morgan fingerprint density at radius 2 is 1.89 bits per heavy atom. The predicted octanol–water partition coefficient (Wildman–Crippen LogP) is 1.22. The van der Waals surface area contributed by atoms with E-state index in [0.29, 0.717) is 0 Å². The number of pyridine rings is 1. The van der Waals surface area contributed by atoms with Crippen molar-refractivity contribution < 1.29 is 38.3 Å². The lowest BCUT2D eigenvalue weighted by Crippen LogP contribution is -2.43. The summed E-state index contributed by atoms with van der Waals surface area (Å²) in [6.07, 6.45) is -1.29. The molecule has 0 fully saturated rings. The highest BCUT2D eigenvalue weighted by Crippen LogP contribution is 2.26. The Morgan fingerprint density at radius 3 is 2.39 bits per heavy atom. The summed E-state index contributed by atoms with van der Waals surface area (Å²) in [7, 11) is 2.18. The van der Waals surface area contributed by atoms with Crippen LogP contribution in [0.2, 0.25) is 0 Å². The normalized spacial score (nSPS) is 11.8. The molecule has 0 saturated heterocycles. The SMILES string of the molecule is COC(=O)c1cnc(O[C@@H](CNC(=O)OC(C)(C)C)C(=O)OC)c([N+](=O)[O-])c1. The topological polar surface area (TPSA) is 156 Å². The van der Waals surface area contributed by atoms with Gasteiger partial charge in [0, 0.05) is 12.3 Å². The molecule has 0 aliphatic heterocycles. The first-order valence-corrected chi connectivity index (χ1v) is 7.92. The summed E-state index contributed by atoms with van der Waals surface area (Å²) in [5.41, 5.74) is -1.62. The molecular formula is C16H21N3O9. The molecule has 0 saturated carbocycles. The predicted molar refractivity (Wildman–Crippen MR) is 92.9 cm³/mol. The fraction of sp³-hybridized carbons (Fsp3) is 0.500. The maximum Gasteiger partial charge on any atom is 0.407 e. The number of carbonyl (C=O) groups excluding carboxylic acids is 3. The third-order valence-electron chi connectivity index (χ3n) is 3.00. The monoisotopic (exact) mass is 399 g/mol. The Labute approximate surface area is 160 Å². The van der Waals surface area contributed by atoms with Crippen LogP contribution < -0.4 is 10.1 Å². The van der Waals surface area contributed by atoms with Crippen molar-refractivity contribution in [3.8, 4) is 5.88 Å². The van der Waals surface area contributed by atoms with E-state index in [1.165, 1.54) is 0 Å². The number of amides is 1. The highest BCUT2D eigenvalue weighted by Gasteiger charge is 2.29. The second-order valence-electron chi connectivity index (χ2n) is 6.31. The van der Waals surface area contributed by atoms with Crippen LogP contribution in [0.3, 0.4) is 0 Å². The molecule has 0 bridgehead atoms. The van der Waals surface area contributed by atoms with Gasteiger partial charge in [-0.3, -0.25) is 10.1 Å². The van der Waals surface area contributed by atoms with Crippen molar-refractivity contribution in [3.63, 3.8) is 0 Å². The molecule has 12 nitrogen and oxygen atoms in total. The van der Waals surface area contributed by atoms with Crippen molar-refractivity contribution in [3.05, 3.63) is 27.9 Å². The molecule has 1 amide bonds. The number of carbonyl (C=O) groups is 3. The molecule has 1 N–H and O–H groups in total. The highest BCUT2D eigenvalue weighted by molar-refractivity contribution is 5.90. The Balaban J connectivity index is 3.03. The summed E-state index contributed by atoms with van der Waals surface area (Å²) in [4.78, 5) is 49.3. The molecule has 28 heavy (non-hydrogen) atoms. The van der Waals surface area contributed by atoms with Crippen molar-refractivity contribution in [1.82, 2.24) is 10.3 Å². The maximum atomic E-state index is 11.9. The van der Waals surface area contributed by atoms with E-state index >= 15 is 0 Å². The molecule has 1 aromatic rings. The molecule has 1 atom stereocenters. The van der Waals surface area contributed by atoms with Crippen LogP contribution in [0.4, 0.5) is 10.5 Å². The summed E-state index contributed by atoms with van der Waals surface area (Å²) in [5, 5.41) is 13.6. The lowest BCUT2D eigenvalue weighted by molar-refractivity contribution is -0.386. The first kappa shape index (κ1) is 22.6. The summed E-state index contributed by atoms with van der Waals surface area (Å²) in [5.74, 6) is -2.29. The van der Waals surface area contributed by atoms with Gasteiger partial charge in [0.25, 0.3) is 5.88 Å².